The molecule has 70 valence electrons. The molecule has 2 rings (SSSR count). The van der Waals surface area contributed by atoms with Crippen molar-refractivity contribution in [2.45, 2.75) is 31.8 Å². The van der Waals surface area contributed by atoms with E-state index in [4.69, 9.17) is 5.73 Å². The predicted molar refractivity (Wildman–Crippen MR) is 51.2 cm³/mol. The lowest BCUT2D eigenvalue weighted by molar-refractivity contribution is 0.443. The molecule has 0 spiro atoms. The van der Waals surface area contributed by atoms with Crippen molar-refractivity contribution in [1.29, 1.82) is 0 Å². The van der Waals surface area contributed by atoms with Gasteiger partial charge in [-0.05, 0) is 19.3 Å². The van der Waals surface area contributed by atoms with Crippen LogP contribution in [0.5, 0.6) is 0 Å². The van der Waals surface area contributed by atoms with Gasteiger partial charge in [0.15, 0.2) is 0 Å². The number of hydrogen-bond donors (Lipinski definition) is 2. The minimum Gasteiger partial charge on any atom is -0.351 e. The highest BCUT2D eigenvalue weighted by Crippen LogP contribution is 2.21. The second-order valence-corrected chi connectivity index (χ2v) is 3.39. The van der Waals surface area contributed by atoms with Crippen LogP contribution in [0, 0.1) is 0 Å². The third kappa shape index (κ3) is 1.95. The molecule has 0 unspecified atom stereocenters. The normalized spacial score (nSPS) is 16.7. The van der Waals surface area contributed by atoms with Crippen molar-refractivity contribution >= 4 is 5.95 Å². The molecule has 1 aromatic rings. The summed E-state index contributed by atoms with van der Waals surface area (Å²) in [6.45, 7) is 0.504. The molecule has 4 heteroatoms. The molecular formula is C9H14N4. The molecule has 0 bridgehead atoms. The number of aromatic nitrogens is 2. The Hall–Kier alpha value is -1.16. The van der Waals surface area contributed by atoms with E-state index in [-0.39, 0.29) is 0 Å². The summed E-state index contributed by atoms with van der Waals surface area (Å²) in [5.74, 6) is 0.724. The van der Waals surface area contributed by atoms with E-state index in [2.05, 4.69) is 15.3 Å². The Morgan fingerprint density at radius 1 is 1.38 bits per heavy atom. The van der Waals surface area contributed by atoms with Gasteiger partial charge in [0.25, 0.3) is 0 Å². The summed E-state index contributed by atoms with van der Waals surface area (Å²) in [7, 11) is 0. The van der Waals surface area contributed by atoms with Crippen molar-refractivity contribution in [3.8, 4) is 0 Å². The monoisotopic (exact) mass is 178 g/mol. The third-order valence-electron chi connectivity index (χ3n) is 2.38. The van der Waals surface area contributed by atoms with Crippen LogP contribution < -0.4 is 11.1 Å². The quantitative estimate of drug-likeness (QED) is 0.721. The van der Waals surface area contributed by atoms with Gasteiger partial charge in [-0.2, -0.15) is 0 Å². The minimum atomic E-state index is 0.504. The van der Waals surface area contributed by atoms with E-state index in [0.29, 0.717) is 12.6 Å². The first-order chi connectivity index (χ1) is 6.38. The lowest BCUT2D eigenvalue weighted by Gasteiger charge is -2.26. The number of nitrogens with zero attached hydrogens (tertiary/aromatic N) is 2. The van der Waals surface area contributed by atoms with Crippen molar-refractivity contribution in [3.63, 3.8) is 0 Å². The van der Waals surface area contributed by atoms with Gasteiger partial charge in [0, 0.05) is 30.5 Å². The summed E-state index contributed by atoms with van der Waals surface area (Å²) in [4.78, 5) is 8.34. The van der Waals surface area contributed by atoms with Crippen molar-refractivity contribution in [3.05, 3.63) is 18.0 Å². The summed E-state index contributed by atoms with van der Waals surface area (Å²) < 4.78 is 0. The molecule has 0 atom stereocenters. The zero-order chi connectivity index (χ0) is 9.10. The fraction of sp³-hybridized carbons (Fsp3) is 0.556. The van der Waals surface area contributed by atoms with Crippen LogP contribution in [0.4, 0.5) is 5.95 Å². The van der Waals surface area contributed by atoms with Crippen LogP contribution in [-0.4, -0.2) is 16.0 Å². The summed E-state index contributed by atoms with van der Waals surface area (Å²) in [5, 5.41) is 3.27. The van der Waals surface area contributed by atoms with Gasteiger partial charge in [0.1, 0.15) is 0 Å². The predicted octanol–water partition coefficient (Wildman–Crippen LogP) is 0.900. The highest BCUT2D eigenvalue weighted by Gasteiger charge is 2.17. The van der Waals surface area contributed by atoms with Crippen LogP contribution in [0.25, 0.3) is 0 Å². The number of nitrogens with two attached hydrogens (primary N) is 1. The first kappa shape index (κ1) is 8.44. The van der Waals surface area contributed by atoms with Crippen molar-refractivity contribution in [2.75, 3.05) is 5.32 Å². The van der Waals surface area contributed by atoms with Crippen LogP contribution in [-0.2, 0) is 6.54 Å². The molecule has 0 amide bonds. The number of hydrogen-bond acceptors (Lipinski definition) is 4. The Bertz CT molecular complexity index is 265. The van der Waals surface area contributed by atoms with Gasteiger partial charge in [-0.3, -0.25) is 0 Å². The van der Waals surface area contributed by atoms with Gasteiger partial charge >= 0.3 is 0 Å². The zero-order valence-electron chi connectivity index (χ0n) is 7.53. The molecule has 0 aromatic carbocycles. The van der Waals surface area contributed by atoms with E-state index in [0.717, 1.165) is 11.5 Å². The van der Waals surface area contributed by atoms with Gasteiger partial charge in [-0.15, -0.1) is 0 Å². The van der Waals surface area contributed by atoms with Crippen LogP contribution in [0.15, 0.2) is 12.4 Å². The Labute approximate surface area is 77.6 Å². The van der Waals surface area contributed by atoms with E-state index in [1.807, 2.05) is 0 Å². The van der Waals surface area contributed by atoms with Gasteiger partial charge < -0.3 is 11.1 Å². The molecule has 1 aromatic heterocycles. The van der Waals surface area contributed by atoms with Gasteiger partial charge in [-0.25, -0.2) is 9.97 Å². The highest BCUT2D eigenvalue weighted by molar-refractivity contribution is 5.27. The molecule has 1 fully saturated rings. The zero-order valence-corrected chi connectivity index (χ0v) is 7.53. The molecule has 1 aliphatic rings. The summed E-state index contributed by atoms with van der Waals surface area (Å²) in [5.41, 5.74) is 6.41. The maximum atomic E-state index is 5.44. The fourth-order valence-corrected chi connectivity index (χ4v) is 1.27. The van der Waals surface area contributed by atoms with Crippen molar-refractivity contribution in [1.82, 2.24) is 9.97 Å². The molecule has 13 heavy (non-hydrogen) atoms. The van der Waals surface area contributed by atoms with E-state index in [1.165, 1.54) is 19.3 Å². The Balaban J connectivity index is 1.96. The molecule has 1 aliphatic carbocycles. The van der Waals surface area contributed by atoms with Crippen molar-refractivity contribution < 1.29 is 0 Å². The number of nitrogens with one attached hydrogen (secondary N) is 1. The number of rotatable bonds is 3. The first-order valence-electron chi connectivity index (χ1n) is 4.66. The lowest BCUT2D eigenvalue weighted by atomic mass is 9.93. The summed E-state index contributed by atoms with van der Waals surface area (Å²) in [6, 6.07) is 0.587. The standard InChI is InChI=1S/C9H14N4/c10-4-7-5-11-9(12-6-7)13-8-2-1-3-8/h5-6,8H,1-4,10H2,(H,11,12,13). The minimum absolute atomic E-state index is 0.504. The highest BCUT2D eigenvalue weighted by atomic mass is 15.1. The molecule has 4 nitrogen and oxygen atoms in total. The largest absolute Gasteiger partial charge is 0.351 e. The average molecular weight is 178 g/mol. The van der Waals surface area contributed by atoms with Crippen LogP contribution >= 0.6 is 0 Å². The van der Waals surface area contributed by atoms with Gasteiger partial charge in [-0.1, -0.05) is 0 Å². The molecular weight excluding hydrogens is 164 g/mol. The molecule has 3 N–H and O–H groups in total. The van der Waals surface area contributed by atoms with Crippen LogP contribution in [0.1, 0.15) is 24.8 Å². The van der Waals surface area contributed by atoms with E-state index >= 15 is 0 Å². The average Bonchev–Trinajstić information content (AvgIpc) is 2.12. The molecule has 1 heterocycles. The number of anilines is 1. The molecule has 0 radical (unpaired) electrons. The summed E-state index contributed by atoms with van der Waals surface area (Å²) >= 11 is 0. The summed E-state index contributed by atoms with van der Waals surface area (Å²) in [6.07, 6.45) is 7.34. The third-order valence-corrected chi connectivity index (χ3v) is 2.38. The van der Waals surface area contributed by atoms with Gasteiger partial charge in [0.05, 0.1) is 0 Å². The molecule has 0 aliphatic heterocycles. The Kier molecular flexibility index (Phi) is 2.40. The van der Waals surface area contributed by atoms with E-state index in [1.54, 1.807) is 12.4 Å². The van der Waals surface area contributed by atoms with Gasteiger partial charge in [0.2, 0.25) is 5.95 Å². The van der Waals surface area contributed by atoms with E-state index in [9.17, 15) is 0 Å². The second-order valence-electron chi connectivity index (χ2n) is 3.39. The van der Waals surface area contributed by atoms with Crippen LogP contribution in [0.2, 0.25) is 0 Å². The maximum Gasteiger partial charge on any atom is 0.222 e. The molecule has 1 saturated carbocycles. The topological polar surface area (TPSA) is 63.8 Å². The first-order valence-corrected chi connectivity index (χ1v) is 4.66. The lowest BCUT2D eigenvalue weighted by Crippen LogP contribution is -2.27. The second kappa shape index (κ2) is 3.70. The SMILES string of the molecule is NCc1cnc(NC2CCC2)nc1. The Morgan fingerprint density at radius 2 is 2.08 bits per heavy atom. The Morgan fingerprint density at radius 3 is 2.54 bits per heavy atom. The van der Waals surface area contributed by atoms with Crippen molar-refractivity contribution in [2.24, 2.45) is 5.73 Å². The smallest absolute Gasteiger partial charge is 0.222 e. The molecule has 0 saturated heterocycles. The van der Waals surface area contributed by atoms with Crippen LogP contribution in [0.3, 0.4) is 0 Å². The fourth-order valence-electron chi connectivity index (χ4n) is 1.27. The van der Waals surface area contributed by atoms with E-state index < -0.39 is 0 Å². The maximum absolute atomic E-state index is 5.44.